The molecule has 0 radical (unpaired) electrons. The fourth-order valence-corrected chi connectivity index (χ4v) is 12.6. The molecule has 0 unspecified atom stereocenters. The molecule has 69 heavy (non-hydrogen) atoms. The minimum Gasteiger partial charge on any atom is -0.311 e. The maximum Gasteiger partial charge on any atom is 0.0725 e. The van der Waals surface area contributed by atoms with Crippen LogP contribution in [0.5, 0.6) is 0 Å². The first-order chi connectivity index (χ1) is 34.2. The maximum absolute atomic E-state index is 2.45. The Morgan fingerprint density at radius 3 is 0.899 bits per heavy atom. The molecule has 11 aromatic rings. The third-order valence-corrected chi connectivity index (χ3v) is 15.4. The zero-order valence-electron chi connectivity index (χ0n) is 37.9. The molecule has 14 rings (SSSR count). The van der Waals surface area contributed by atoms with Gasteiger partial charge in [-0.1, -0.05) is 237 Å². The normalized spacial score (nSPS) is 13.7. The minimum absolute atomic E-state index is 0.540. The van der Waals surface area contributed by atoms with Crippen molar-refractivity contribution in [2.24, 2.45) is 0 Å². The second-order valence-electron chi connectivity index (χ2n) is 18.7. The Bertz CT molecular complexity index is 3580. The molecule has 1 heteroatoms. The summed E-state index contributed by atoms with van der Waals surface area (Å²) < 4.78 is 0. The number of fused-ring (bicyclic) bond motifs is 16. The Labute approximate surface area is 403 Å². The second kappa shape index (κ2) is 15.4. The molecule has 0 heterocycles. The summed E-state index contributed by atoms with van der Waals surface area (Å²) in [5, 5.41) is 0. The lowest BCUT2D eigenvalue weighted by atomic mass is 9.51. The zero-order valence-corrected chi connectivity index (χ0v) is 37.9. The third kappa shape index (κ3) is 5.59. The molecule has 3 aliphatic rings. The van der Waals surface area contributed by atoms with E-state index in [1.807, 2.05) is 0 Å². The van der Waals surface area contributed by atoms with Crippen molar-refractivity contribution in [2.75, 3.05) is 4.90 Å². The van der Waals surface area contributed by atoms with Crippen LogP contribution in [0.2, 0.25) is 0 Å². The average Bonchev–Trinajstić information content (AvgIpc) is 3.89. The summed E-state index contributed by atoms with van der Waals surface area (Å²) in [5.41, 5.74) is 25.3. The highest BCUT2D eigenvalue weighted by Crippen LogP contribution is 2.68. The van der Waals surface area contributed by atoms with Gasteiger partial charge in [-0.2, -0.15) is 0 Å². The Morgan fingerprint density at radius 2 is 0.478 bits per heavy atom. The first-order valence-corrected chi connectivity index (χ1v) is 24.1. The van der Waals surface area contributed by atoms with Crippen LogP contribution in [0.3, 0.4) is 0 Å². The monoisotopic (exact) mass is 875 g/mol. The molecule has 0 aromatic heterocycles. The van der Waals surface area contributed by atoms with E-state index in [0.717, 1.165) is 17.1 Å². The molecule has 0 bridgehead atoms. The summed E-state index contributed by atoms with van der Waals surface area (Å²) in [5.74, 6) is 0. The molecule has 1 nitrogen and oxygen atoms in total. The minimum atomic E-state index is -0.584. The maximum atomic E-state index is 2.45. The molecular weight excluding hydrogens is 831 g/mol. The van der Waals surface area contributed by atoms with Gasteiger partial charge in [-0.25, -0.2) is 0 Å². The second-order valence-corrected chi connectivity index (χ2v) is 18.7. The number of rotatable bonds is 6. The smallest absolute Gasteiger partial charge is 0.0725 e. The Morgan fingerprint density at radius 1 is 0.188 bits per heavy atom. The lowest BCUT2D eigenvalue weighted by Crippen LogP contribution is -2.44. The topological polar surface area (TPSA) is 3.24 Å². The highest BCUT2D eigenvalue weighted by Gasteiger charge is 2.59. The van der Waals surface area contributed by atoms with Crippen molar-refractivity contribution in [1.82, 2.24) is 0 Å². The third-order valence-electron chi connectivity index (χ3n) is 15.4. The van der Waals surface area contributed by atoms with Crippen LogP contribution in [0.1, 0.15) is 44.5 Å². The van der Waals surface area contributed by atoms with Crippen LogP contribution in [-0.2, 0) is 10.8 Å². The first kappa shape index (κ1) is 39.4. The number of hydrogen-bond donors (Lipinski definition) is 0. The van der Waals surface area contributed by atoms with Gasteiger partial charge in [-0.05, 0) is 137 Å². The van der Waals surface area contributed by atoms with Crippen LogP contribution in [0.25, 0.3) is 55.6 Å². The lowest BCUT2D eigenvalue weighted by Gasteiger charge is -2.49. The fourth-order valence-electron chi connectivity index (χ4n) is 12.6. The fraction of sp³-hybridized carbons (Fsp3) is 0.0294. The molecule has 0 fully saturated rings. The molecule has 0 amide bonds. The molecule has 0 N–H and O–H groups in total. The zero-order chi connectivity index (χ0) is 45.5. The highest BCUT2D eigenvalue weighted by molar-refractivity contribution is 5.96. The van der Waals surface area contributed by atoms with E-state index in [4.69, 9.17) is 0 Å². The van der Waals surface area contributed by atoms with Crippen LogP contribution in [0.4, 0.5) is 17.1 Å². The predicted molar refractivity (Wildman–Crippen MR) is 286 cm³/mol. The van der Waals surface area contributed by atoms with Crippen molar-refractivity contribution >= 4 is 17.1 Å². The molecule has 2 spiro atoms. The van der Waals surface area contributed by atoms with Crippen molar-refractivity contribution < 1.29 is 0 Å². The van der Waals surface area contributed by atoms with Crippen molar-refractivity contribution in [3.05, 3.63) is 317 Å². The largest absolute Gasteiger partial charge is 0.311 e. The van der Waals surface area contributed by atoms with E-state index in [9.17, 15) is 0 Å². The lowest BCUT2D eigenvalue weighted by molar-refractivity contribution is 0.634. The number of benzene rings is 11. The van der Waals surface area contributed by atoms with Crippen LogP contribution < -0.4 is 4.90 Å². The Balaban J connectivity index is 1.00. The van der Waals surface area contributed by atoms with Gasteiger partial charge >= 0.3 is 0 Å². The molecule has 0 aliphatic heterocycles. The van der Waals surface area contributed by atoms with Gasteiger partial charge in [0.05, 0.1) is 10.8 Å². The van der Waals surface area contributed by atoms with E-state index in [-0.39, 0.29) is 0 Å². The van der Waals surface area contributed by atoms with E-state index in [1.165, 1.54) is 100 Å². The predicted octanol–water partition coefficient (Wildman–Crippen LogP) is 17.2. The van der Waals surface area contributed by atoms with Gasteiger partial charge in [0.15, 0.2) is 0 Å². The van der Waals surface area contributed by atoms with Crippen LogP contribution in [-0.4, -0.2) is 0 Å². The van der Waals surface area contributed by atoms with E-state index in [0.29, 0.717) is 0 Å². The average molecular weight is 876 g/mol. The van der Waals surface area contributed by atoms with Gasteiger partial charge < -0.3 is 4.90 Å². The van der Waals surface area contributed by atoms with Gasteiger partial charge in [0.1, 0.15) is 0 Å². The molecule has 0 atom stereocenters. The summed E-state index contributed by atoms with van der Waals surface area (Å²) >= 11 is 0. The molecule has 3 aliphatic carbocycles. The molecule has 0 saturated carbocycles. The van der Waals surface area contributed by atoms with Gasteiger partial charge in [0.25, 0.3) is 0 Å². The summed E-state index contributed by atoms with van der Waals surface area (Å²) in [6, 6.07) is 102. The van der Waals surface area contributed by atoms with Crippen LogP contribution in [0, 0.1) is 0 Å². The summed E-state index contributed by atoms with van der Waals surface area (Å²) in [4.78, 5) is 2.39. The van der Waals surface area contributed by atoms with Gasteiger partial charge in [0, 0.05) is 17.1 Å². The summed E-state index contributed by atoms with van der Waals surface area (Å²) in [7, 11) is 0. The van der Waals surface area contributed by atoms with E-state index < -0.39 is 10.8 Å². The quantitative estimate of drug-likeness (QED) is 0.161. The number of anilines is 3. The molecular formula is C68H45N. The van der Waals surface area contributed by atoms with E-state index in [2.05, 4.69) is 278 Å². The number of hydrogen-bond acceptors (Lipinski definition) is 1. The standard InChI is InChI=1S/C68H45N/c1-3-18-46(19-4-1)48-34-40-51(41-35-48)69(52-42-36-49(37-43-52)47-20-5-2-6-21-47)53-44-38-50(39-45-53)54-26-17-33-65-66(54)68(61-29-13-9-24-57(61)58-25-10-14-30-62(58)68)64-32-16-15-31-63(64)67(65)59-27-11-7-22-55(59)56-23-8-12-28-60(56)67/h1-45H. The Kier molecular flexibility index (Phi) is 8.78. The SMILES string of the molecule is c1ccc(-c2ccc(N(c3ccc(-c4ccccc4)cc3)c3ccc(-c4cccc5c4C4(c6ccccc6-c6ccccc64)c4ccccc4C54c5ccccc5-c5ccccc54)cc3)cc2)cc1. The number of nitrogens with zero attached hydrogens (tertiary/aromatic N) is 1. The Hall–Kier alpha value is -8.78. The van der Waals surface area contributed by atoms with E-state index in [1.54, 1.807) is 0 Å². The summed E-state index contributed by atoms with van der Waals surface area (Å²) in [6.07, 6.45) is 0. The van der Waals surface area contributed by atoms with Crippen molar-refractivity contribution in [1.29, 1.82) is 0 Å². The van der Waals surface area contributed by atoms with Gasteiger partial charge in [-0.15, -0.1) is 0 Å². The molecule has 322 valence electrons. The van der Waals surface area contributed by atoms with Gasteiger partial charge in [-0.3, -0.25) is 0 Å². The summed E-state index contributed by atoms with van der Waals surface area (Å²) in [6.45, 7) is 0. The van der Waals surface area contributed by atoms with Crippen molar-refractivity contribution in [3.63, 3.8) is 0 Å². The highest BCUT2D eigenvalue weighted by atomic mass is 15.1. The molecule has 11 aromatic carbocycles. The van der Waals surface area contributed by atoms with Gasteiger partial charge in [0.2, 0.25) is 0 Å². The van der Waals surface area contributed by atoms with Crippen molar-refractivity contribution in [3.8, 4) is 55.6 Å². The van der Waals surface area contributed by atoms with Crippen LogP contribution >= 0.6 is 0 Å². The van der Waals surface area contributed by atoms with Crippen molar-refractivity contribution in [2.45, 2.75) is 10.8 Å². The van der Waals surface area contributed by atoms with E-state index >= 15 is 0 Å². The molecule has 0 saturated heterocycles. The van der Waals surface area contributed by atoms with Crippen LogP contribution in [0.15, 0.2) is 273 Å². The first-order valence-electron chi connectivity index (χ1n) is 24.1.